The third-order valence-electron chi connectivity index (χ3n) is 2.78. The maximum Gasteiger partial charge on any atom is 0.109 e. The van der Waals surface area contributed by atoms with E-state index in [2.05, 4.69) is 0 Å². The molecule has 0 spiro atoms. The zero-order chi connectivity index (χ0) is 10.0. The number of hydrogen-bond donors (Lipinski definition) is 1. The highest BCUT2D eigenvalue weighted by Gasteiger charge is 2.39. The summed E-state index contributed by atoms with van der Waals surface area (Å²) in [5, 5.41) is 9.68. The first-order valence-corrected chi connectivity index (χ1v) is 5.00. The van der Waals surface area contributed by atoms with E-state index in [-0.39, 0.29) is 0 Å². The fourth-order valence-electron chi connectivity index (χ4n) is 1.61. The standard InChI is InChI=1S/C11H16O3/c1-13-8-9-3-7-14-10(9)2-4-11(12)5-6-11/h3,7,12H,2,4-6,8H2,1H3. The molecule has 1 fully saturated rings. The van der Waals surface area contributed by atoms with Crippen LogP contribution in [0.25, 0.3) is 0 Å². The van der Waals surface area contributed by atoms with Crippen LogP contribution in [-0.2, 0) is 17.8 Å². The molecule has 2 rings (SSSR count). The van der Waals surface area contributed by atoms with Crippen molar-refractivity contribution in [3.8, 4) is 0 Å². The summed E-state index contributed by atoms with van der Waals surface area (Å²) in [5.41, 5.74) is 0.702. The van der Waals surface area contributed by atoms with E-state index in [9.17, 15) is 5.11 Å². The first-order valence-electron chi connectivity index (χ1n) is 5.00. The molecule has 0 radical (unpaired) electrons. The molecule has 1 aromatic heterocycles. The number of ether oxygens (including phenoxy) is 1. The fourth-order valence-corrected chi connectivity index (χ4v) is 1.61. The van der Waals surface area contributed by atoms with E-state index >= 15 is 0 Å². The van der Waals surface area contributed by atoms with Gasteiger partial charge in [-0.3, -0.25) is 0 Å². The van der Waals surface area contributed by atoms with Gasteiger partial charge in [0.1, 0.15) is 5.76 Å². The van der Waals surface area contributed by atoms with Crippen molar-refractivity contribution in [3.05, 3.63) is 23.7 Å². The molecule has 1 aliphatic carbocycles. The second kappa shape index (κ2) is 3.75. The smallest absolute Gasteiger partial charge is 0.109 e. The topological polar surface area (TPSA) is 42.6 Å². The van der Waals surface area contributed by atoms with Crippen LogP contribution < -0.4 is 0 Å². The van der Waals surface area contributed by atoms with Crippen LogP contribution in [0.15, 0.2) is 16.7 Å². The van der Waals surface area contributed by atoms with Crippen LogP contribution in [-0.4, -0.2) is 17.8 Å². The Hall–Kier alpha value is -0.800. The van der Waals surface area contributed by atoms with E-state index in [0.717, 1.165) is 37.0 Å². The van der Waals surface area contributed by atoms with Crippen molar-refractivity contribution < 1.29 is 14.3 Å². The van der Waals surface area contributed by atoms with Gasteiger partial charge in [0, 0.05) is 19.1 Å². The van der Waals surface area contributed by atoms with Gasteiger partial charge >= 0.3 is 0 Å². The largest absolute Gasteiger partial charge is 0.469 e. The van der Waals surface area contributed by atoms with Crippen molar-refractivity contribution in [2.75, 3.05) is 7.11 Å². The normalized spacial score (nSPS) is 18.4. The molecule has 1 aromatic rings. The van der Waals surface area contributed by atoms with Gasteiger partial charge in [-0.25, -0.2) is 0 Å². The zero-order valence-corrected chi connectivity index (χ0v) is 8.45. The summed E-state index contributed by atoms with van der Waals surface area (Å²) in [5.74, 6) is 0.951. The minimum Gasteiger partial charge on any atom is -0.469 e. The van der Waals surface area contributed by atoms with Gasteiger partial charge < -0.3 is 14.3 Å². The van der Waals surface area contributed by atoms with Gasteiger partial charge in [0.2, 0.25) is 0 Å². The maximum atomic E-state index is 9.68. The van der Waals surface area contributed by atoms with Crippen molar-refractivity contribution in [1.82, 2.24) is 0 Å². The molecule has 0 bridgehead atoms. The molecular weight excluding hydrogens is 180 g/mol. The summed E-state index contributed by atoms with van der Waals surface area (Å²) in [7, 11) is 1.67. The molecule has 0 amide bonds. The van der Waals surface area contributed by atoms with Gasteiger partial charge in [-0.15, -0.1) is 0 Å². The zero-order valence-electron chi connectivity index (χ0n) is 8.45. The number of aryl methyl sites for hydroxylation is 1. The highest BCUT2D eigenvalue weighted by atomic mass is 16.5. The van der Waals surface area contributed by atoms with E-state index in [1.165, 1.54) is 0 Å². The Balaban J connectivity index is 1.91. The fraction of sp³-hybridized carbons (Fsp3) is 0.636. The van der Waals surface area contributed by atoms with Crippen LogP contribution >= 0.6 is 0 Å². The molecule has 0 saturated heterocycles. The lowest BCUT2D eigenvalue weighted by atomic mass is 10.1. The first-order chi connectivity index (χ1) is 6.73. The molecule has 14 heavy (non-hydrogen) atoms. The van der Waals surface area contributed by atoms with Gasteiger partial charge in [-0.2, -0.15) is 0 Å². The first kappa shape index (κ1) is 9.74. The molecule has 3 nitrogen and oxygen atoms in total. The second-order valence-corrected chi connectivity index (χ2v) is 4.03. The number of rotatable bonds is 5. The summed E-state index contributed by atoms with van der Waals surface area (Å²) in [6.45, 7) is 0.588. The van der Waals surface area contributed by atoms with Crippen LogP contribution in [0.1, 0.15) is 30.6 Å². The monoisotopic (exact) mass is 196 g/mol. The van der Waals surface area contributed by atoms with E-state index in [1.807, 2.05) is 6.07 Å². The van der Waals surface area contributed by atoms with Crippen LogP contribution in [0.2, 0.25) is 0 Å². The molecule has 78 valence electrons. The highest BCUT2D eigenvalue weighted by Crippen LogP contribution is 2.39. The Kier molecular flexibility index (Phi) is 2.61. The number of hydrogen-bond acceptors (Lipinski definition) is 3. The van der Waals surface area contributed by atoms with Gasteiger partial charge in [0.05, 0.1) is 18.5 Å². The van der Waals surface area contributed by atoms with Crippen LogP contribution in [0.3, 0.4) is 0 Å². The highest BCUT2D eigenvalue weighted by molar-refractivity contribution is 5.17. The minimum atomic E-state index is -0.392. The lowest BCUT2D eigenvalue weighted by molar-refractivity contribution is 0.137. The van der Waals surface area contributed by atoms with Gasteiger partial charge in [-0.05, 0) is 25.3 Å². The van der Waals surface area contributed by atoms with Crippen LogP contribution in [0, 0.1) is 0 Å². The molecule has 3 heteroatoms. The third-order valence-corrected chi connectivity index (χ3v) is 2.78. The van der Waals surface area contributed by atoms with E-state index in [0.29, 0.717) is 6.61 Å². The van der Waals surface area contributed by atoms with Crippen molar-refractivity contribution in [3.63, 3.8) is 0 Å². The molecule has 0 aromatic carbocycles. The van der Waals surface area contributed by atoms with E-state index in [1.54, 1.807) is 13.4 Å². The summed E-state index contributed by atoms with van der Waals surface area (Å²) in [6, 6.07) is 1.93. The number of methoxy groups -OCH3 is 1. The van der Waals surface area contributed by atoms with Crippen molar-refractivity contribution >= 4 is 0 Å². The average molecular weight is 196 g/mol. The molecule has 0 aliphatic heterocycles. The summed E-state index contributed by atoms with van der Waals surface area (Å²) < 4.78 is 10.4. The van der Waals surface area contributed by atoms with E-state index < -0.39 is 5.60 Å². The predicted molar refractivity (Wildman–Crippen MR) is 51.9 cm³/mol. The second-order valence-electron chi connectivity index (χ2n) is 4.03. The molecule has 1 aliphatic rings. The Morgan fingerprint density at radius 1 is 1.57 bits per heavy atom. The van der Waals surface area contributed by atoms with Crippen molar-refractivity contribution in [1.29, 1.82) is 0 Å². The third kappa shape index (κ3) is 2.16. The molecule has 0 unspecified atom stereocenters. The number of furan rings is 1. The summed E-state index contributed by atoms with van der Waals surface area (Å²) >= 11 is 0. The summed E-state index contributed by atoms with van der Waals surface area (Å²) in [4.78, 5) is 0. The SMILES string of the molecule is COCc1ccoc1CCC1(O)CC1. The van der Waals surface area contributed by atoms with Gasteiger partial charge in [-0.1, -0.05) is 0 Å². The minimum absolute atomic E-state index is 0.392. The van der Waals surface area contributed by atoms with Crippen LogP contribution in [0.4, 0.5) is 0 Å². The summed E-state index contributed by atoms with van der Waals surface area (Å²) in [6.07, 6.45) is 5.17. The number of aliphatic hydroxyl groups is 1. The molecule has 1 N–H and O–H groups in total. The average Bonchev–Trinajstić information content (AvgIpc) is 2.75. The van der Waals surface area contributed by atoms with Crippen molar-refractivity contribution in [2.45, 2.75) is 37.9 Å². The van der Waals surface area contributed by atoms with Gasteiger partial charge in [0.25, 0.3) is 0 Å². The van der Waals surface area contributed by atoms with Gasteiger partial charge in [0.15, 0.2) is 0 Å². The molecule has 1 saturated carbocycles. The molecule has 0 atom stereocenters. The van der Waals surface area contributed by atoms with E-state index in [4.69, 9.17) is 9.15 Å². The quantitative estimate of drug-likeness (QED) is 0.782. The Morgan fingerprint density at radius 2 is 2.36 bits per heavy atom. The predicted octanol–water partition coefficient (Wildman–Crippen LogP) is 1.88. The maximum absolute atomic E-state index is 9.68. The van der Waals surface area contributed by atoms with Crippen LogP contribution in [0.5, 0.6) is 0 Å². The Morgan fingerprint density at radius 3 is 3.00 bits per heavy atom. The molecule has 1 heterocycles. The molecular formula is C11H16O3. The Labute approximate surface area is 83.7 Å². The van der Waals surface area contributed by atoms with Crippen molar-refractivity contribution in [2.24, 2.45) is 0 Å². The lowest BCUT2D eigenvalue weighted by Crippen LogP contribution is -2.08. The Bertz CT molecular complexity index is 299. The lowest BCUT2D eigenvalue weighted by Gasteiger charge is -2.06.